The summed E-state index contributed by atoms with van der Waals surface area (Å²) in [5.74, 6) is 3.52. The summed E-state index contributed by atoms with van der Waals surface area (Å²) in [6, 6.07) is 72.0. The second kappa shape index (κ2) is 22.8. The van der Waals surface area contributed by atoms with Gasteiger partial charge in [-0.05, 0) is 237 Å². The number of hydrogen-bond donors (Lipinski definition) is 0. The van der Waals surface area contributed by atoms with Crippen molar-refractivity contribution in [2.45, 2.75) is 81.1 Å². The van der Waals surface area contributed by atoms with Crippen LogP contribution < -0.4 is 28.7 Å². The van der Waals surface area contributed by atoms with E-state index in [1.54, 1.807) is 0 Å². The minimum Gasteiger partial charge on any atom is -0.494 e. The van der Waals surface area contributed by atoms with Crippen LogP contribution in [0.2, 0.25) is 0 Å². The third kappa shape index (κ3) is 9.29. The SMILES string of the molecule is CCCOc1ccc(N(c2ccc(OCCC)cc2C)c2ccc3c4c(-c5ccccc5)c5c6ccc(N(c7ccc(OCCC)cc7C)c7ccc(OCCC)cc7C)c7cccc(c5c(-c5ccccc5)c4c4cccc2c43)c76)c(C)c1. The van der Waals surface area contributed by atoms with Crippen LogP contribution in [0.4, 0.5) is 34.1 Å². The Bertz CT molecular complexity index is 4090. The topological polar surface area (TPSA) is 43.4 Å². The Kier molecular flexibility index (Phi) is 14.7. The van der Waals surface area contributed by atoms with Crippen molar-refractivity contribution in [2.24, 2.45) is 0 Å². The lowest BCUT2D eigenvalue weighted by molar-refractivity contribution is 0.317. The molecule has 0 saturated heterocycles. The Morgan fingerprint density at radius 2 is 0.536 bits per heavy atom. The fourth-order valence-corrected chi connectivity index (χ4v) is 13.2. The minimum absolute atomic E-state index is 0.671. The summed E-state index contributed by atoms with van der Waals surface area (Å²) < 4.78 is 24.9. The molecule has 0 fully saturated rings. The second-order valence-electron chi connectivity index (χ2n) is 22.6. The third-order valence-electron chi connectivity index (χ3n) is 16.7. The smallest absolute Gasteiger partial charge is 0.119 e. The maximum Gasteiger partial charge on any atom is 0.119 e. The van der Waals surface area contributed by atoms with Gasteiger partial charge in [0, 0.05) is 33.5 Å². The molecule has 84 heavy (non-hydrogen) atoms. The van der Waals surface area contributed by atoms with Crippen LogP contribution in [-0.2, 0) is 0 Å². The number of ether oxygens (including phenoxy) is 4. The van der Waals surface area contributed by atoms with Gasteiger partial charge in [-0.2, -0.15) is 0 Å². The van der Waals surface area contributed by atoms with Gasteiger partial charge in [0.2, 0.25) is 0 Å². The molecule has 0 bridgehead atoms. The van der Waals surface area contributed by atoms with Crippen molar-refractivity contribution in [3.05, 3.63) is 216 Å². The van der Waals surface area contributed by atoms with E-state index in [0.29, 0.717) is 26.4 Å². The van der Waals surface area contributed by atoms with E-state index in [1.807, 2.05) is 0 Å². The first-order chi connectivity index (χ1) is 41.2. The van der Waals surface area contributed by atoms with E-state index < -0.39 is 0 Å². The van der Waals surface area contributed by atoms with Crippen molar-refractivity contribution in [3.63, 3.8) is 0 Å². The van der Waals surface area contributed by atoms with E-state index in [2.05, 4.69) is 259 Å². The molecule has 0 unspecified atom stereocenters. The summed E-state index contributed by atoms with van der Waals surface area (Å²) in [4.78, 5) is 4.92. The average Bonchev–Trinajstić information content (AvgIpc) is 1.91. The molecule has 418 valence electrons. The first kappa shape index (κ1) is 54.0. The number of rotatable bonds is 20. The molecule has 13 rings (SSSR count). The van der Waals surface area contributed by atoms with Crippen molar-refractivity contribution in [1.29, 1.82) is 0 Å². The van der Waals surface area contributed by atoms with Crippen LogP contribution in [0.15, 0.2) is 194 Å². The monoisotopic (exact) mass is 1100 g/mol. The summed E-state index contributed by atoms with van der Waals surface area (Å²) in [5.41, 5.74) is 16.0. The average molecular weight is 1100 g/mol. The molecule has 0 heterocycles. The molecule has 6 heteroatoms. The van der Waals surface area contributed by atoms with Gasteiger partial charge < -0.3 is 28.7 Å². The Labute approximate surface area is 494 Å². The van der Waals surface area contributed by atoms with E-state index in [9.17, 15) is 0 Å². The molecule has 0 aliphatic heterocycles. The van der Waals surface area contributed by atoms with Gasteiger partial charge in [-0.15, -0.1) is 0 Å². The summed E-state index contributed by atoms with van der Waals surface area (Å²) in [6.45, 7) is 20.1. The number of anilines is 6. The zero-order valence-corrected chi connectivity index (χ0v) is 49.7. The molecular weight excluding hydrogens is 1030 g/mol. The Morgan fingerprint density at radius 3 is 0.821 bits per heavy atom. The molecule has 0 aliphatic carbocycles. The zero-order valence-electron chi connectivity index (χ0n) is 49.7. The van der Waals surface area contributed by atoms with Gasteiger partial charge in [-0.1, -0.05) is 137 Å². The van der Waals surface area contributed by atoms with Gasteiger partial charge >= 0.3 is 0 Å². The van der Waals surface area contributed by atoms with Gasteiger partial charge in [0.05, 0.1) is 37.8 Å². The van der Waals surface area contributed by atoms with Crippen LogP contribution in [0.25, 0.3) is 86.9 Å². The molecule has 0 N–H and O–H groups in total. The minimum atomic E-state index is 0.671. The van der Waals surface area contributed by atoms with Gasteiger partial charge in [-0.3, -0.25) is 0 Å². The van der Waals surface area contributed by atoms with Gasteiger partial charge in [0.15, 0.2) is 0 Å². The summed E-state index contributed by atoms with van der Waals surface area (Å²) in [5, 5.41) is 14.9. The lowest BCUT2D eigenvalue weighted by Gasteiger charge is -2.30. The first-order valence-corrected chi connectivity index (χ1v) is 30.2. The first-order valence-electron chi connectivity index (χ1n) is 30.2. The van der Waals surface area contributed by atoms with Crippen molar-refractivity contribution in [2.75, 3.05) is 36.2 Å². The predicted molar refractivity (Wildman–Crippen MR) is 356 cm³/mol. The predicted octanol–water partition coefficient (Wildman–Crippen LogP) is 22.1. The Morgan fingerprint density at radius 1 is 0.262 bits per heavy atom. The Hall–Kier alpha value is -9.26. The highest BCUT2D eigenvalue weighted by Gasteiger charge is 2.31. The number of benzene rings is 11. The van der Waals surface area contributed by atoms with Crippen LogP contribution in [0.3, 0.4) is 0 Å². The summed E-state index contributed by atoms with van der Waals surface area (Å²) in [7, 11) is 0. The lowest BCUT2D eigenvalue weighted by Crippen LogP contribution is -2.13. The highest BCUT2D eigenvalue weighted by Crippen LogP contribution is 2.58. The molecule has 0 atom stereocenters. The third-order valence-corrected chi connectivity index (χ3v) is 16.7. The number of nitrogens with zero attached hydrogens (tertiary/aromatic N) is 2. The van der Waals surface area contributed by atoms with Crippen LogP contribution in [-0.4, -0.2) is 26.4 Å². The van der Waals surface area contributed by atoms with Crippen molar-refractivity contribution >= 4 is 98.8 Å². The van der Waals surface area contributed by atoms with Gasteiger partial charge in [0.25, 0.3) is 0 Å². The second-order valence-corrected chi connectivity index (χ2v) is 22.6. The normalized spacial score (nSPS) is 11.7. The zero-order chi connectivity index (χ0) is 57.6. The van der Waals surface area contributed by atoms with E-state index >= 15 is 0 Å². The standard InChI is InChI=1S/C78H72N2O4/c1-9-41-81-55-29-35-65(49(5)45-55)79(66-36-30-56(46-50(66)6)82-42-10-2)69-39-33-63-73-59(69)25-19-27-61(73)75-71(53-21-15-13-16-22-53)76-62-28-20-26-60-70(40-34-64(74(60)62)78(76)72(77(63)75)54-23-17-14-18-24-54)80(67-37-31-57(47-51(67)7)83-43-11-3)68-38-32-58(48-52(68)8)84-44-12-4/h13-40,45-48H,9-12,41-44H2,1-8H3. The molecule has 0 aliphatic rings. The van der Waals surface area contributed by atoms with Crippen LogP contribution in [0.1, 0.15) is 75.6 Å². The van der Waals surface area contributed by atoms with Crippen molar-refractivity contribution in [3.8, 4) is 45.3 Å². The highest BCUT2D eigenvalue weighted by atomic mass is 16.5. The fraction of sp³-hybridized carbons (Fsp3) is 0.205. The molecular formula is C78H72N2O4. The van der Waals surface area contributed by atoms with Crippen LogP contribution in [0, 0.1) is 27.7 Å². The maximum absolute atomic E-state index is 6.22. The van der Waals surface area contributed by atoms with Crippen molar-refractivity contribution in [1.82, 2.24) is 0 Å². The van der Waals surface area contributed by atoms with E-state index in [1.165, 1.54) is 86.9 Å². The maximum atomic E-state index is 6.22. The summed E-state index contributed by atoms with van der Waals surface area (Å²) >= 11 is 0. The van der Waals surface area contributed by atoms with Crippen LogP contribution in [0.5, 0.6) is 23.0 Å². The molecule has 0 aromatic heterocycles. The fourth-order valence-electron chi connectivity index (χ4n) is 13.2. The number of aryl methyl sites for hydroxylation is 4. The van der Waals surface area contributed by atoms with Crippen molar-refractivity contribution < 1.29 is 18.9 Å². The molecule has 0 radical (unpaired) electrons. The molecule has 0 amide bonds. The van der Waals surface area contributed by atoms with Gasteiger partial charge in [0.1, 0.15) is 23.0 Å². The van der Waals surface area contributed by atoms with E-state index in [4.69, 9.17) is 18.9 Å². The summed E-state index contributed by atoms with van der Waals surface area (Å²) in [6.07, 6.45) is 3.78. The van der Waals surface area contributed by atoms with Gasteiger partial charge in [-0.25, -0.2) is 0 Å². The largest absolute Gasteiger partial charge is 0.494 e. The molecule has 0 spiro atoms. The molecule has 13 aromatic rings. The molecule has 13 aromatic carbocycles. The van der Waals surface area contributed by atoms with E-state index in [-0.39, 0.29) is 0 Å². The molecule has 6 nitrogen and oxygen atoms in total. The molecule has 0 saturated carbocycles. The quantitative estimate of drug-likeness (QED) is 0.0758. The lowest BCUT2D eigenvalue weighted by atomic mass is 9.87. The van der Waals surface area contributed by atoms with E-state index in [0.717, 1.165) is 105 Å². The van der Waals surface area contributed by atoms with Crippen LogP contribution >= 0.6 is 0 Å². The Balaban J connectivity index is 1.12. The number of fused-ring (bicyclic) bond motifs is 6. The highest BCUT2D eigenvalue weighted by molar-refractivity contribution is 6.47. The number of hydrogen-bond acceptors (Lipinski definition) is 6.